The lowest BCUT2D eigenvalue weighted by Gasteiger charge is -2.09. The van der Waals surface area contributed by atoms with E-state index in [9.17, 15) is 12.6 Å². The molecule has 0 aliphatic carbocycles. The van der Waals surface area contributed by atoms with Gasteiger partial charge in [-0.25, -0.2) is 12.6 Å². The maximum Gasteiger partial charge on any atom is 0.201 e. The van der Waals surface area contributed by atoms with E-state index >= 15 is 0 Å². The van der Waals surface area contributed by atoms with Crippen molar-refractivity contribution in [1.82, 2.24) is 0 Å². The standard InChI is InChI=1S/C8H6O3S2/c9-12-5-6-13(10,11)8-4-2-1-3-7(8)12/h1-6H. The van der Waals surface area contributed by atoms with Crippen LogP contribution in [0.25, 0.3) is 0 Å². The molecule has 2 rings (SSSR count). The highest BCUT2D eigenvalue weighted by molar-refractivity contribution is 7.98. The molecule has 1 unspecified atom stereocenters. The van der Waals surface area contributed by atoms with Gasteiger partial charge in [-0.3, -0.25) is 0 Å². The molecule has 1 heterocycles. The summed E-state index contributed by atoms with van der Waals surface area (Å²) in [5.74, 6) is 0. The Bertz CT molecular complexity index is 500. The molecular formula is C8H6O3S2. The van der Waals surface area contributed by atoms with Crippen LogP contribution in [0.5, 0.6) is 0 Å². The highest BCUT2D eigenvalue weighted by atomic mass is 32.2. The molecule has 0 fully saturated rings. The number of benzene rings is 1. The van der Waals surface area contributed by atoms with E-state index in [1.807, 2.05) is 0 Å². The van der Waals surface area contributed by atoms with Crippen LogP contribution in [0.4, 0.5) is 0 Å². The van der Waals surface area contributed by atoms with E-state index in [1.165, 1.54) is 11.5 Å². The minimum atomic E-state index is -3.35. The molecule has 0 N–H and O–H groups in total. The predicted molar refractivity (Wildman–Crippen MR) is 49.2 cm³/mol. The zero-order valence-corrected chi connectivity index (χ0v) is 8.14. The molecule has 13 heavy (non-hydrogen) atoms. The van der Waals surface area contributed by atoms with Gasteiger partial charge in [0.2, 0.25) is 9.84 Å². The fourth-order valence-corrected chi connectivity index (χ4v) is 4.09. The van der Waals surface area contributed by atoms with Crippen molar-refractivity contribution in [2.24, 2.45) is 0 Å². The normalized spacial score (nSPS) is 23.8. The molecular weight excluding hydrogens is 208 g/mol. The molecule has 0 amide bonds. The van der Waals surface area contributed by atoms with Crippen LogP contribution in [0, 0.1) is 0 Å². The summed E-state index contributed by atoms with van der Waals surface area (Å²) < 4.78 is 34.1. The smallest absolute Gasteiger partial charge is 0.201 e. The Morgan fingerprint density at radius 2 is 1.85 bits per heavy atom. The van der Waals surface area contributed by atoms with Gasteiger partial charge in [0.1, 0.15) is 0 Å². The van der Waals surface area contributed by atoms with E-state index in [-0.39, 0.29) is 4.90 Å². The Morgan fingerprint density at radius 3 is 2.54 bits per heavy atom. The average molecular weight is 214 g/mol. The molecule has 5 heteroatoms. The van der Waals surface area contributed by atoms with E-state index in [2.05, 4.69) is 0 Å². The van der Waals surface area contributed by atoms with Gasteiger partial charge in [-0.15, -0.1) is 0 Å². The SMILES string of the molecule is O=S1C=CS(=O)(=O)c2ccccc21. The van der Waals surface area contributed by atoms with Gasteiger partial charge in [0, 0.05) is 10.8 Å². The van der Waals surface area contributed by atoms with Crippen LogP contribution in [0.3, 0.4) is 0 Å². The zero-order chi connectivity index (χ0) is 9.47. The van der Waals surface area contributed by atoms with Gasteiger partial charge in [-0.1, -0.05) is 12.1 Å². The molecule has 0 radical (unpaired) electrons. The first kappa shape index (κ1) is 8.65. The third-order valence-electron chi connectivity index (χ3n) is 1.73. The fourth-order valence-electron chi connectivity index (χ4n) is 1.12. The van der Waals surface area contributed by atoms with Crippen molar-refractivity contribution in [1.29, 1.82) is 0 Å². The van der Waals surface area contributed by atoms with E-state index < -0.39 is 20.6 Å². The van der Waals surface area contributed by atoms with Crippen LogP contribution >= 0.6 is 0 Å². The topological polar surface area (TPSA) is 51.2 Å². The van der Waals surface area contributed by atoms with Gasteiger partial charge in [0.25, 0.3) is 0 Å². The van der Waals surface area contributed by atoms with E-state index in [1.54, 1.807) is 18.2 Å². The zero-order valence-electron chi connectivity index (χ0n) is 6.51. The molecule has 1 aromatic carbocycles. The summed E-state index contributed by atoms with van der Waals surface area (Å²) >= 11 is 0. The van der Waals surface area contributed by atoms with E-state index in [0.717, 1.165) is 5.41 Å². The van der Waals surface area contributed by atoms with Crippen molar-refractivity contribution < 1.29 is 12.6 Å². The van der Waals surface area contributed by atoms with Gasteiger partial charge in [-0.2, -0.15) is 0 Å². The molecule has 0 bridgehead atoms. The summed E-state index contributed by atoms with van der Waals surface area (Å²) in [7, 11) is -4.67. The third kappa shape index (κ3) is 1.34. The lowest BCUT2D eigenvalue weighted by Crippen LogP contribution is -2.06. The molecule has 1 atom stereocenters. The predicted octanol–water partition coefficient (Wildman–Crippen LogP) is 1.05. The summed E-state index contributed by atoms with van der Waals surface area (Å²) in [6.45, 7) is 0. The highest BCUT2D eigenvalue weighted by Gasteiger charge is 2.22. The Labute approximate surface area is 78.5 Å². The van der Waals surface area contributed by atoms with Crippen molar-refractivity contribution in [2.75, 3.05) is 0 Å². The van der Waals surface area contributed by atoms with Crippen LogP contribution in [-0.2, 0) is 20.6 Å². The molecule has 0 aromatic heterocycles. The summed E-state index contributed by atoms with van der Waals surface area (Å²) in [6, 6.07) is 6.32. The minimum Gasteiger partial charge on any atom is -0.250 e. The number of fused-ring (bicyclic) bond motifs is 1. The Hall–Kier alpha value is -0.940. The maximum atomic E-state index is 11.4. The number of hydrogen-bond acceptors (Lipinski definition) is 3. The van der Waals surface area contributed by atoms with E-state index in [0.29, 0.717) is 4.90 Å². The monoisotopic (exact) mass is 214 g/mol. The molecule has 1 aromatic rings. The molecule has 1 aliphatic rings. The molecule has 0 spiro atoms. The quantitative estimate of drug-likeness (QED) is 0.648. The van der Waals surface area contributed by atoms with Crippen molar-refractivity contribution in [3.8, 4) is 0 Å². The summed E-state index contributed by atoms with van der Waals surface area (Å²) in [5.41, 5.74) is 0. The second kappa shape index (κ2) is 2.78. The Kier molecular flexibility index (Phi) is 1.85. The average Bonchev–Trinajstić information content (AvgIpc) is 2.13. The lowest BCUT2D eigenvalue weighted by atomic mass is 10.4. The second-order valence-corrected chi connectivity index (χ2v) is 5.67. The maximum absolute atomic E-state index is 11.4. The first-order valence-electron chi connectivity index (χ1n) is 3.54. The molecule has 1 aliphatic heterocycles. The van der Waals surface area contributed by atoms with Crippen LogP contribution in [0.1, 0.15) is 0 Å². The van der Waals surface area contributed by atoms with Crippen LogP contribution in [0.15, 0.2) is 44.9 Å². The van der Waals surface area contributed by atoms with Gasteiger partial charge in [-0.05, 0) is 12.1 Å². The lowest BCUT2D eigenvalue weighted by molar-refractivity contribution is 0.601. The molecule has 0 saturated heterocycles. The summed E-state index contributed by atoms with van der Waals surface area (Å²) in [4.78, 5) is 0.515. The number of rotatable bonds is 0. The van der Waals surface area contributed by atoms with Crippen molar-refractivity contribution >= 4 is 20.6 Å². The number of sulfone groups is 1. The van der Waals surface area contributed by atoms with E-state index in [4.69, 9.17) is 0 Å². The second-order valence-electron chi connectivity index (χ2n) is 2.56. The van der Waals surface area contributed by atoms with Crippen LogP contribution in [0.2, 0.25) is 0 Å². The van der Waals surface area contributed by atoms with Crippen LogP contribution < -0.4 is 0 Å². The Balaban J connectivity index is 2.83. The van der Waals surface area contributed by atoms with Gasteiger partial charge >= 0.3 is 0 Å². The third-order valence-corrected chi connectivity index (χ3v) is 4.67. The van der Waals surface area contributed by atoms with Gasteiger partial charge < -0.3 is 0 Å². The first-order chi connectivity index (χ1) is 6.11. The summed E-state index contributed by atoms with van der Waals surface area (Å²) in [5, 5.41) is 2.18. The first-order valence-corrected chi connectivity index (χ1v) is 6.30. The largest absolute Gasteiger partial charge is 0.250 e. The fraction of sp³-hybridized carbons (Fsp3) is 0. The summed E-state index contributed by atoms with van der Waals surface area (Å²) in [6.07, 6.45) is 0. The van der Waals surface area contributed by atoms with Crippen LogP contribution in [-0.4, -0.2) is 12.6 Å². The minimum absolute atomic E-state index is 0.149. The molecule has 0 saturated carbocycles. The molecule has 3 nitrogen and oxygen atoms in total. The van der Waals surface area contributed by atoms with Crippen molar-refractivity contribution in [2.45, 2.75) is 9.79 Å². The van der Waals surface area contributed by atoms with Crippen molar-refractivity contribution in [3.63, 3.8) is 0 Å². The van der Waals surface area contributed by atoms with Gasteiger partial charge in [0.05, 0.1) is 20.6 Å². The van der Waals surface area contributed by atoms with Crippen molar-refractivity contribution in [3.05, 3.63) is 35.1 Å². The Morgan fingerprint density at radius 1 is 1.15 bits per heavy atom. The van der Waals surface area contributed by atoms with Gasteiger partial charge in [0.15, 0.2) is 0 Å². The number of hydrogen-bond donors (Lipinski definition) is 0. The highest BCUT2D eigenvalue weighted by Crippen LogP contribution is 2.25. The molecule has 68 valence electrons.